The van der Waals surface area contributed by atoms with E-state index in [2.05, 4.69) is 4.98 Å². The van der Waals surface area contributed by atoms with E-state index < -0.39 is 5.97 Å². The molecule has 0 saturated heterocycles. The van der Waals surface area contributed by atoms with E-state index in [-0.39, 0.29) is 12.1 Å². The first-order valence-electron chi connectivity index (χ1n) is 6.70. The third-order valence-corrected chi connectivity index (χ3v) is 3.65. The number of nitrogens with zero attached hydrogens (tertiary/aromatic N) is 2. The van der Waals surface area contributed by atoms with Crippen LogP contribution in [0.3, 0.4) is 0 Å². The van der Waals surface area contributed by atoms with Crippen LogP contribution in [0.15, 0.2) is 23.0 Å². The molecule has 0 fully saturated rings. The topological polar surface area (TPSA) is 72.2 Å². The number of carboxylic acids is 1. The van der Waals surface area contributed by atoms with Crippen molar-refractivity contribution in [3.63, 3.8) is 0 Å². The van der Waals surface area contributed by atoms with E-state index in [9.17, 15) is 9.59 Å². The summed E-state index contributed by atoms with van der Waals surface area (Å²) in [7, 11) is 0. The zero-order valence-corrected chi connectivity index (χ0v) is 12.6. The van der Waals surface area contributed by atoms with Gasteiger partial charge in [-0.2, -0.15) is 4.98 Å². The Balaban J connectivity index is 2.81. The van der Waals surface area contributed by atoms with Gasteiger partial charge in [-0.25, -0.2) is 4.79 Å². The number of hydrogen-bond acceptors (Lipinski definition) is 3. The zero-order chi connectivity index (χ0) is 15.7. The molecule has 0 amide bonds. The van der Waals surface area contributed by atoms with Crippen molar-refractivity contribution in [1.82, 2.24) is 9.55 Å². The number of carboxylic acid groups (broad SMARTS) is 1. The van der Waals surface area contributed by atoms with Gasteiger partial charge in [0, 0.05) is 17.0 Å². The summed E-state index contributed by atoms with van der Waals surface area (Å²) in [4.78, 5) is 27.3. The largest absolute Gasteiger partial charge is 0.481 e. The maximum absolute atomic E-state index is 12.3. The summed E-state index contributed by atoms with van der Waals surface area (Å²) in [5.74, 6) is -0.935. The van der Waals surface area contributed by atoms with Crippen LogP contribution in [-0.4, -0.2) is 20.6 Å². The van der Waals surface area contributed by atoms with E-state index in [1.165, 1.54) is 4.57 Å². The Bertz CT molecular complexity index is 756. The fraction of sp³-hybridized carbons (Fsp3) is 0.312. The molecule has 1 aromatic carbocycles. The van der Waals surface area contributed by atoms with Crippen LogP contribution >= 0.6 is 0 Å². The van der Waals surface area contributed by atoms with Crippen molar-refractivity contribution in [2.75, 3.05) is 0 Å². The molecule has 1 aromatic heterocycles. The van der Waals surface area contributed by atoms with Gasteiger partial charge >= 0.3 is 11.7 Å². The van der Waals surface area contributed by atoms with E-state index in [0.717, 1.165) is 16.8 Å². The lowest BCUT2D eigenvalue weighted by Gasteiger charge is -2.18. The van der Waals surface area contributed by atoms with Crippen LogP contribution in [0.25, 0.3) is 5.69 Å². The second-order valence-corrected chi connectivity index (χ2v) is 5.19. The summed E-state index contributed by atoms with van der Waals surface area (Å²) >= 11 is 0. The zero-order valence-electron chi connectivity index (χ0n) is 12.6. The van der Waals surface area contributed by atoms with E-state index in [1.807, 2.05) is 32.0 Å². The average Bonchev–Trinajstić information content (AvgIpc) is 2.37. The van der Waals surface area contributed by atoms with Crippen LogP contribution in [0.5, 0.6) is 0 Å². The molecule has 2 rings (SSSR count). The lowest BCUT2D eigenvalue weighted by molar-refractivity contribution is -0.136. The summed E-state index contributed by atoms with van der Waals surface area (Å²) in [6.45, 7) is 7.28. The molecule has 0 radical (unpaired) electrons. The van der Waals surface area contributed by atoms with Crippen LogP contribution in [-0.2, 0) is 11.2 Å². The van der Waals surface area contributed by atoms with E-state index in [4.69, 9.17) is 5.11 Å². The fourth-order valence-electron chi connectivity index (χ4n) is 2.63. The first kappa shape index (κ1) is 15.0. The molecule has 2 aromatic rings. The Morgan fingerprint density at radius 2 is 1.76 bits per heavy atom. The van der Waals surface area contributed by atoms with Gasteiger partial charge in [0.2, 0.25) is 0 Å². The van der Waals surface area contributed by atoms with Crippen molar-refractivity contribution in [2.24, 2.45) is 0 Å². The summed E-state index contributed by atoms with van der Waals surface area (Å²) in [6, 6.07) is 5.77. The first-order chi connectivity index (χ1) is 9.82. The first-order valence-corrected chi connectivity index (χ1v) is 6.70. The minimum Gasteiger partial charge on any atom is -0.481 e. The standard InChI is InChI=1S/C16H18N2O3/c1-9-6-5-7-10(2)15(9)18-12(4)13(8-14(19)20)11(3)17-16(18)21/h5-7H,8H2,1-4H3,(H,19,20). The molecule has 21 heavy (non-hydrogen) atoms. The Kier molecular flexibility index (Phi) is 3.93. The molecule has 5 heteroatoms. The second kappa shape index (κ2) is 5.52. The van der Waals surface area contributed by atoms with Crippen molar-refractivity contribution >= 4 is 5.97 Å². The maximum Gasteiger partial charge on any atom is 0.352 e. The molecule has 1 N–H and O–H groups in total. The monoisotopic (exact) mass is 286 g/mol. The van der Waals surface area contributed by atoms with Gasteiger partial charge in [-0.1, -0.05) is 18.2 Å². The molecule has 5 nitrogen and oxygen atoms in total. The van der Waals surface area contributed by atoms with Gasteiger partial charge in [0.1, 0.15) is 0 Å². The molecular weight excluding hydrogens is 268 g/mol. The molecule has 0 aliphatic rings. The van der Waals surface area contributed by atoms with Crippen molar-refractivity contribution in [2.45, 2.75) is 34.1 Å². The van der Waals surface area contributed by atoms with Crippen LogP contribution in [0.4, 0.5) is 0 Å². The highest BCUT2D eigenvalue weighted by Crippen LogP contribution is 2.21. The van der Waals surface area contributed by atoms with Gasteiger partial charge in [-0.3, -0.25) is 9.36 Å². The number of carbonyl (C=O) groups is 1. The second-order valence-electron chi connectivity index (χ2n) is 5.19. The quantitative estimate of drug-likeness (QED) is 0.937. The van der Waals surface area contributed by atoms with E-state index in [0.29, 0.717) is 17.0 Å². The smallest absolute Gasteiger partial charge is 0.352 e. The molecule has 1 heterocycles. The summed E-state index contributed by atoms with van der Waals surface area (Å²) < 4.78 is 1.51. The minimum atomic E-state index is -0.935. The molecule has 110 valence electrons. The summed E-state index contributed by atoms with van der Waals surface area (Å²) in [5.41, 5.74) is 3.99. The van der Waals surface area contributed by atoms with Crippen LogP contribution in [0.2, 0.25) is 0 Å². The van der Waals surface area contributed by atoms with Crippen LogP contribution < -0.4 is 5.69 Å². The number of hydrogen-bond donors (Lipinski definition) is 1. The summed E-state index contributed by atoms with van der Waals surface area (Å²) in [5, 5.41) is 9.04. The van der Waals surface area contributed by atoms with Gasteiger partial charge in [-0.05, 0) is 38.8 Å². The van der Waals surface area contributed by atoms with Crippen molar-refractivity contribution in [1.29, 1.82) is 0 Å². The Morgan fingerprint density at radius 3 is 2.29 bits per heavy atom. The lowest BCUT2D eigenvalue weighted by Crippen LogP contribution is -2.28. The van der Waals surface area contributed by atoms with Crippen molar-refractivity contribution in [3.8, 4) is 5.69 Å². The third-order valence-electron chi connectivity index (χ3n) is 3.65. The Morgan fingerprint density at radius 1 is 1.19 bits per heavy atom. The minimum absolute atomic E-state index is 0.143. The van der Waals surface area contributed by atoms with Crippen LogP contribution in [0, 0.1) is 27.7 Å². The number of aliphatic carboxylic acids is 1. The highest BCUT2D eigenvalue weighted by molar-refractivity contribution is 5.71. The molecule has 0 unspecified atom stereocenters. The molecule has 0 spiro atoms. The SMILES string of the molecule is Cc1cccc(C)c1-n1c(C)c(CC(=O)O)c(C)nc1=O. The predicted octanol–water partition coefficient (Wildman–Crippen LogP) is 2.09. The predicted molar refractivity (Wildman–Crippen MR) is 80.1 cm³/mol. The molecule has 0 saturated carbocycles. The van der Waals surface area contributed by atoms with Gasteiger partial charge in [0.15, 0.2) is 0 Å². The molecule has 0 aliphatic carbocycles. The number of benzene rings is 1. The van der Waals surface area contributed by atoms with Crippen molar-refractivity contribution < 1.29 is 9.90 Å². The Hall–Kier alpha value is -2.43. The van der Waals surface area contributed by atoms with Gasteiger partial charge in [0.25, 0.3) is 0 Å². The van der Waals surface area contributed by atoms with Gasteiger partial charge < -0.3 is 5.11 Å². The number of aryl methyl sites for hydroxylation is 3. The molecule has 0 atom stereocenters. The molecule has 0 aliphatic heterocycles. The third kappa shape index (κ3) is 2.72. The fourth-order valence-corrected chi connectivity index (χ4v) is 2.63. The number of para-hydroxylation sites is 1. The number of aromatic nitrogens is 2. The summed E-state index contributed by atoms with van der Waals surface area (Å²) in [6.07, 6.45) is -0.143. The lowest BCUT2D eigenvalue weighted by atomic mass is 10.1. The molecular formula is C16H18N2O3. The van der Waals surface area contributed by atoms with E-state index in [1.54, 1.807) is 13.8 Å². The van der Waals surface area contributed by atoms with Crippen molar-refractivity contribution in [3.05, 3.63) is 56.8 Å². The Labute approximate surface area is 122 Å². The van der Waals surface area contributed by atoms with E-state index >= 15 is 0 Å². The van der Waals surface area contributed by atoms with Gasteiger partial charge in [0.05, 0.1) is 12.1 Å². The van der Waals surface area contributed by atoms with Crippen LogP contribution in [0.1, 0.15) is 28.1 Å². The normalized spacial score (nSPS) is 10.7. The van der Waals surface area contributed by atoms with Gasteiger partial charge in [-0.15, -0.1) is 0 Å². The molecule has 0 bridgehead atoms. The maximum atomic E-state index is 12.3. The highest BCUT2D eigenvalue weighted by Gasteiger charge is 2.17. The number of rotatable bonds is 3. The average molecular weight is 286 g/mol. The highest BCUT2D eigenvalue weighted by atomic mass is 16.4.